The highest BCUT2D eigenvalue weighted by Gasteiger charge is 2.17. The van der Waals surface area contributed by atoms with Crippen molar-refractivity contribution in [1.29, 1.82) is 0 Å². The number of likely N-dealkylation sites (N-methyl/N-ethyl adjacent to an activating group) is 1. The summed E-state index contributed by atoms with van der Waals surface area (Å²) >= 11 is 0. The molecule has 22 heavy (non-hydrogen) atoms. The number of carbonyl (C=O) groups is 1. The van der Waals surface area contributed by atoms with Gasteiger partial charge in [-0.2, -0.15) is 0 Å². The maximum Gasteiger partial charge on any atom is 0.255 e. The summed E-state index contributed by atoms with van der Waals surface area (Å²) < 4.78 is 5.15. The van der Waals surface area contributed by atoms with Crippen LogP contribution in [0.4, 0.5) is 0 Å². The first-order valence-corrected chi connectivity index (χ1v) is 7.13. The van der Waals surface area contributed by atoms with Crippen molar-refractivity contribution in [3.8, 4) is 16.9 Å². The van der Waals surface area contributed by atoms with Crippen LogP contribution in [-0.4, -0.2) is 42.5 Å². The fraction of sp³-hybridized carbons (Fsp3) is 0.294. The molecule has 5 nitrogen and oxygen atoms in total. The molecule has 1 heterocycles. The lowest BCUT2D eigenvalue weighted by molar-refractivity contribution is 0.0748. The second-order valence-electron chi connectivity index (χ2n) is 5.19. The van der Waals surface area contributed by atoms with Crippen molar-refractivity contribution in [3.05, 3.63) is 48.3 Å². The first-order chi connectivity index (χ1) is 10.6. The molecule has 1 aromatic heterocycles. The Bertz CT molecular complexity index is 641. The van der Waals surface area contributed by atoms with Gasteiger partial charge in [0.2, 0.25) is 0 Å². The van der Waals surface area contributed by atoms with Crippen LogP contribution in [0.1, 0.15) is 17.3 Å². The molecule has 0 aliphatic heterocycles. The summed E-state index contributed by atoms with van der Waals surface area (Å²) in [6.45, 7) is 2.34. The monoisotopic (exact) mass is 299 g/mol. The van der Waals surface area contributed by atoms with E-state index in [1.165, 1.54) is 0 Å². The normalized spacial score (nSPS) is 11.8. The van der Waals surface area contributed by atoms with Crippen LogP contribution in [-0.2, 0) is 0 Å². The Morgan fingerprint density at radius 1 is 1.27 bits per heavy atom. The van der Waals surface area contributed by atoms with E-state index in [1.807, 2.05) is 37.3 Å². The quantitative estimate of drug-likeness (QED) is 0.918. The molecular formula is C17H21N3O2. The second kappa shape index (κ2) is 7.04. The first-order valence-electron chi connectivity index (χ1n) is 7.13. The molecule has 0 fully saturated rings. The molecule has 0 aliphatic carbocycles. The van der Waals surface area contributed by atoms with Gasteiger partial charge in [0.1, 0.15) is 5.75 Å². The molecule has 5 heteroatoms. The molecule has 0 radical (unpaired) electrons. The van der Waals surface area contributed by atoms with Gasteiger partial charge in [0, 0.05) is 37.6 Å². The van der Waals surface area contributed by atoms with Crippen molar-refractivity contribution in [2.24, 2.45) is 5.73 Å². The van der Waals surface area contributed by atoms with E-state index in [0.29, 0.717) is 12.1 Å². The maximum absolute atomic E-state index is 12.4. The third kappa shape index (κ3) is 3.43. The maximum atomic E-state index is 12.4. The lowest BCUT2D eigenvalue weighted by Gasteiger charge is -2.23. The molecule has 2 N–H and O–H groups in total. The molecule has 0 saturated carbocycles. The summed E-state index contributed by atoms with van der Waals surface area (Å²) in [7, 11) is 3.38. The van der Waals surface area contributed by atoms with E-state index in [4.69, 9.17) is 10.5 Å². The van der Waals surface area contributed by atoms with Crippen LogP contribution in [0, 0.1) is 0 Å². The Balaban J connectivity index is 2.27. The molecular weight excluding hydrogens is 278 g/mol. The summed E-state index contributed by atoms with van der Waals surface area (Å²) in [6.07, 6.45) is 3.32. The lowest BCUT2D eigenvalue weighted by atomic mass is 10.1. The lowest BCUT2D eigenvalue weighted by Crippen LogP contribution is -2.39. The van der Waals surface area contributed by atoms with Gasteiger partial charge in [0.05, 0.1) is 12.7 Å². The smallest absolute Gasteiger partial charge is 0.255 e. The predicted octanol–water partition coefficient (Wildman–Crippen LogP) is 2.18. The van der Waals surface area contributed by atoms with Crippen LogP contribution >= 0.6 is 0 Å². The van der Waals surface area contributed by atoms with Crippen molar-refractivity contribution >= 4 is 5.91 Å². The second-order valence-corrected chi connectivity index (χ2v) is 5.19. The minimum absolute atomic E-state index is 0.0165. The zero-order valence-electron chi connectivity index (χ0n) is 13.1. The van der Waals surface area contributed by atoms with Gasteiger partial charge in [0.15, 0.2) is 0 Å². The molecule has 2 aromatic rings. The van der Waals surface area contributed by atoms with Gasteiger partial charge in [-0.05, 0) is 30.7 Å². The molecule has 0 bridgehead atoms. The average Bonchev–Trinajstić information content (AvgIpc) is 2.59. The van der Waals surface area contributed by atoms with E-state index < -0.39 is 0 Å². The Morgan fingerprint density at radius 3 is 2.55 bits per heavy atom. The highest BCUT2D eigenvalue weighted by Crippen LogP contribution is 2.22. The van der Waals surface area contributed by atoms with E-state index >= 15 is 0 Å². The topological polar surface area (TPSA) is 68.5 Å². The number of carbonyl (C=O) groups excluding carboxylic acids is 1. The van der Waals surface area contributed by atoms with Crippen molar-refractivity contribution in [2.75, 3.05) is 20.7 Å². The zero-order chi connectivity index (χ0) is 16.1. The molecule has 2 rings (SSSR count). The van der Waals surface area contributed by atoms with Crippen LogP contribution in [0.2, 0.25) is 0 Å². The predicted molar refractivity (Wildman–Crippen MR) is 86.8 cm³/mol. The van der Waals surface area contributed by atoms with Crippen LogP contribution in [0.3, 0.4) is 0 Å². The number of hydrogen-bond donors (Lipinski definition) is 1. The summed E-state index contributed by atoms with van der Waals surface area (Å²) in [4.78, 5) is 18.3. The number of aromatic nitrogens is 1. The van der Waals surface area contributed by atoms with E-state index in [0.717, 1.165) is 16.9 Å². The van der Waals surface area contributed by atoms with Gasteiger partial charge in [-0.25, -0.2) is 0 Å². The van der Waals surface area contributed by atoms with Gasteiger partial charge < -0.3 is 15.4 Å². The highest BCUT2D eigenvalue weighted by atomic mass is 16.5. The number of hydrogen-bond acceptors (Lipinski definition) is 4. The fourth-order valence-corrected chi connectivity index (χ4v) is 2.06. The number of nitrogens with zero attached hydrogens (tertiary/aromatic N) is 2. The third-order valence-corrected chi connectivity index (χ3v) is 3.73. The van der Waals surface area contributed by atoms with Gasteiger partial charge in [0.25, 0.3) is 5.91 Å². The van der Waals surface area contributed by atoms with Crippen molar-refractivity contribution in [2.45, 2.75) is 13.0 Å². The molecule has 1 unspecified atom stereocenters. The largest absolute Gasteiger partial charge is 0.497 e. The van der Waals surface area contributed by atoms with E-state index in [9.17, 15) is 4.79 Å². The minimum Gasteiger partial charge on any atom is -0.497 e. The summed E-state index contributed by atoms with van der Waals surface area (Å²) in [6, 6.07) is 9.47. The van der Waals surface area contributed by atoms with Crippen LogP contribution in [0.5, 0.6) is 5.75 Å². The number of nitrogens with two attached hydrogens (primary N) is 1. The standard InChI is InChI=1S/C17H21N3O2/c1-12(9-18)20(2)17(21)15-8-14(10-19-11-15)13-4-6-16(22-3)7-5-13/h4-8,10-12H,9,18H2,1-3H3. The van der Waals surface area contributed by atoms with Gasteiger partial charge in [-0.3, -0.25) is 9.78 Å². The number of methoxy groups -OCH3 is 1. The first kappa shape index (κ1) is 16.0. The van der Waals surface area contributed by atoms with Crippen molar-refractivity contribution in [1.82, 2.24) is 9.88 Å². The minimum atomic E-state index is -0.0826. The van der Waals surface area contributed by atoms with Crippen molar-refractivity contribution < 1.29 is 9.53 Å². The molecule has 1 aromatic carbocycles. The molecule has 0 spiro atoms. The average molecular weight is 299 g/mol. The summed E-state index contributed by atoms with van der Waals surface area (Å²) in [5.74, 6) is 0.709. The SMILES string of the molecule is COc1ccc(-c2cncc(C(=O)N(C)C(C)CN)c2)cc1. The molecule has 116 valence electrons. The summed E-state index contributed by atoms with van der Waals surface area (Å²) in [5.41, 5.74) is 8.04. The number of pyridine rings is 1. The Hall–Kier alpha value is -2.40. The van der Waals surface area contributed by atoms with Gasteiger partial charge in [-0.15, -0.1) is 0 Å². The number of amides is 1. The number of rotatable bonds is 5. The van der Waals surface area contributed by atoms with E-state index in [-0.39, 0.29) is 11.9 Å². The Kier molecular flexibility index (Phi) is 5.12. The van der Waals surface area contributed by atoms with E-state index in [2.05, 4.69) is 4.98 Å². The van der Waals surface area contributed by atoms with Crippen LogP contribution in [0.25, 0.3) is 11.1 Å². The highest BCUT2D eigenvalue weighted by molar-refractivity contribution is 5.95. The fourth-order valence-electron chi connectivity index (χ4n) is 2.06. The van der Waals surface area contributed by atoms with Crippen LogP contribution < -0.4 is 10.5 Å². The van der Waals surface area contributed by atoms with E-state index in [1.54, 1.807) is 31.5 Å². The molecule has 0 saturated heterocycles. The Labute approximate surface area is 130 Å². The van der Waals surface area contributed by atoms with Crippen molar-refractivity contribution in [3.63, 3.8) is 0 Å². The molecule has 1 amide bonds. The third-order valence-electron chi connectivity index (χ3n) is 3.73. The van der Waals surface area contributed by atoms with Crippen LogP contribution in [0.15, 0.2) is 42.7 Å². The zero-order valence-corrected chi connectivity index (χ0v) is 13.1. The van der Waals surface area contributed by atoms with Gasteiger partial charge in [-0.1, -0.05) is 12.1 Å². The molecule has 1 atom stereocenters. The van der Waals surface area contributed by atoms with Gasteiger partial charge >= 0.3 is 0 Å². The Morgan fingerprint density at radius 2 is 1.95 bits per heavy atom. The number of benzene rings is 1. The molecule has 0 aliphatic rings. The summed E-state index contributed by atoms with van der Waals surface area (Å²) in [5, 5.41) is 0. The number of ether oxygens (including phenoxy) is 1.